The largest absolute Gasteiger partial charge is 0.381 e. The average molecular weight is 385 g/mol. The highest BCUT2D eigenvalue weighted by Crippen LogP contribution is 2.37. The number of nitrogens with zero attached hydrogens (tertiary/aromatic N) is 2. The maximum absolute atomic E-state index is 13.6. The van der Waals surface area contributed by atoms with Gasteiger partial charge in [-0.1, -0.05) is 48.0 Å². The van der Waals surface area contributed by atoms with Crippen LogP contribution in [0.15, 0.2) is 54.6 Å². The Morgan fingerprint density at radius 3 is 2.30 bits per heavy atom. The predicted octanol–water partition coefficient (Wildman–Crippen LogP) is 3.74. The van der Waals surface area contributed by atoms with Gasteiger partial charge in [0.05, 0.1) is 5.41 Å². The molecule has 0 atom stereocenters. The van der Waals surface area contributed by atoms with Crippen LogP contribution in [0.5, 0.6) is 0 Å². The lowest BCUT2D eigenvalue weighted by atomic mass is 9.73. The smallest absolute Gasteiger partial charge is 0.233 e. The molecule has 27 heavy (non-hydrogen) atoms. The van der Waals surface area contributed by atoms with E-state index in [0.717, 1.165) is 55.3 Å². The summed E-state index contributed by atoms with van der Waals surface area (Å²) >= 11 is 6.13. The van der Waals surface area contributed by atoms with Gasteiger partial charge in [0.2, 0.25) is 5.91 Å². The first-order chi connectivity index (χ1) is 13.2. The Bertz CT molecular complexity index is 782. The van der Waals surface area contributed by atoms with Crippen LogP contribution < -0.4 is 4.90 Å². The molecule has 0 unspecified atom stereocenters. The Morgan fingerprint density at radius 2 is 1.63 bits per heavy atom. The summed E-state index contributed by atoms with van der Waals surface area (Å²) < 4.78 is 5.58. The van der Waals surface area contributed by atoms with Crippen molar-refractivity contribution < 1.29 is 9.53 Å². The van der Waals surface area contributed by atoms with Gasteiger partial charge in [-0.3, -0.25) is 4.79 Å². The third-order valence-electron chi connectivity index (χ3n) is 5.82. The van der Waals surface area contributed by atoms with Crippen molar-refractivity contribution in [2.75, 3.05) is 44.3 Å². The molecule has 5 heteroatoms. The Hall–Kier alpha value is -2.04. The highest BCUT2D eigenvalue weighted by Gasteiger charge is 2.44. The summed E-state index contributed by atoms with van der Waals surface area (Å²) in [7, 11) is 0. The molecule has 2 heterocycles. The van der Waals surface area contributed by atoms with E-state index in [4.69, 9.17) is 16.3 Å². The van der Waals surface area contributed by atoms with Gasteiger partial charge in [-0.15, -0.1) is 0 Å². The SMILES string of the molecule is O=C(N1CCN(c2cccc(Cl)c2)CC1)C1(c2ccccc2)CCOCC1. The molecule has 0 radical (unpaired) electrons. The zero-order valence-electron chi connectivity index (χ0n) is 15.4. The minimum atomic E-state index is -0.447. The van der Waals surface area contributed by atoms with Gasteiger partial charge >= 0.3 is 0 Å². The monoisotopic (exact) mass is 384 g/mol. The Balaban J connectivity index is 1.50. The van der Waals surface area contributed by atoms with Crippen molar-refractivity contribution in [3.8, 4) is 0 Å². The first-order valence-electron chi connectivity index (χ1n) is 9.62. The van der Waals surface area contributed by atoms with Gasteiger partial charge in [-0.05, 0) is 36.6 Å². The molecule has 0 aromatic heterocycles. The second-order valence-electron chi connectivity index (χ2n) is 7.32. The molecular weight excluding hydrogens is 360 g/mol. The van der Waals surface area contributed by atoms with Crippen molar-refractivity contribution in [1.29, 1.82) is 0 Å². The standard InChI is InChI=1S/C22H25ClN2O2/c23-19-7-4-8-20(17-19)24-11-13-25(14-12-24)21(26)22(9-15-27-16-10-22)18-5-2-1-3-6-18/h1-8,17H,9-16H2. The van der Waals surface area contributed by atoms with Gasteiger partial charge in [-0.2, -0.15) is 0 Å². The summed E-state index contributed by atoms with van der Waals surface area (Å²) in [4.78, 5) is 17.9. The highest BCUT2D eigenvalue weighted by atomic mass is 35.5. The molecule has 2 aromatic carbocycles. The van der Waals surface area contributed by atoms with E-state index in [9.17, 15) is 4.79 Å². The molecule has 2 aliphatic heterocycles. The van der Waals surface area contributed by atoms with E-state index in [1.165, 1.54) is 0 Å². The Kier molecular flexibility index (Phi) is 5.37. The molecule has 0 N–H and O–H groups in total. The van der Waals surface area contributed by atoms with E-state index < -0.39 is 5.41 Å². The van der Waals surface area contributed by atoms with Crippen molar-refractivity contribution in [2.24, 2.45) is 0 Å². The summed E-state index contributed by atoms with van der Waals surface area (Å²) in [6, 6.07) is 18.2. The number of anilines is 1. The molecule has 0 saturated carbocycles. The summed E-state index contributed by atoms with van der Waals surface area (Å²) in [6.07, 6.45) is 1.51. The fraction of sp³-hybridized carbons (Fsp3) is 0.409. The van der Waals surface area contributed by atoms with Gasteiger partial charge in [0.1, 0.15) is 0 Å². The normalized spacial score (nSPS) is 19.7. The van der Waals surface area contributed by atoms with E-state index in [2.05, 4.69) is 23.1 Å². The maximum atomic E-state index is 13.6. The number of hydrogen-bond acceptors (Lipinski definition) is 3. The number of hydrogen-bond donors (Lipinski definition) is 0. The lowest BCUT2D eigenvalue weighted by Crippen LogP contribution is -2.56. The summed E-state index contributed by atoms with van der Waals surface area (Å²) in [6.45, 7) is 4.41. The molecule has 1 amide bonds. The minimum absolute atomic E-state index is 0.253. The van der Waals surface area contributed by atoms with Crippen LogP contribution in [0.3, 0.4) is 0 Å². The second-order valence-corrected chi connectivity index (χ2v) is 7.76. The zero-order chi connectivity index (χ0) is 18.7. The fourth-order valence-electron chi connectivity index (χ4n) is 4.25. The van der Waals surface area contributed by atoms with Gasteiger partial charge in [0, 0.05) is 50.1 Å². The molecule has 0 aliphatic carbocycles. The number of amides is 1. The maximum Gasteiger partial charge on any atom is 0.233 e. The van der Waals surface area contributed by atoms with Crippen LogP contribution in [-0.2, 0) is 14.9 Å². The molecule has 2 saturated heterocycles. The van der Waals surface area contributed by atoms with Gasteiger partial charge in [0.25, 0.3) is 0 Å². The Labute approximate surface area is 165 Å². The molecule has 2 aromatic rings. The minimum Gasteiger partial charge on any atom is -0.381 e. The van der Waals surface area contributed by atoms with Crippen molar-refractivity contribution >= 4 is 23.2 Å². The number of piperazine rings is 1. The van der Waals surface area contributed by atoms with E-state index in [0.29, 0.717) is 13.2 Å². The fourth-order valence-corrected chi connectivity index (χ4v) is 4.43. The quantitative estimate of drug-likeness (QED) is 0.808. The molecule has 0 spiro atoms. The topological polar surface area (TPSA) is 32.8 Å². The van der Waals surface area contributed by atoms with Crippen molar-refractivity contribution in [2.45, 2.75) is 18.3 Å². The number of carbonyl (C=O) groups excluding carboxylic acids is 1. The first-order valence-corrected chi connectivity index (χ1v) is 10.00. The molecule has 0 bridgehead atoms. The summed E-state index contributed by atoms with van der Waals surface area (Å²) in [5.74, 6) is 0.253. The third kappa shape index (κ3) is 3.69. The molecule has 142 valence electrons. The van der Waals surface area contributed by atoms with Crippen molar-refractivity contribution in [3.05, 3.63) is 65.2 Å². The van der Waals surface area contributed by atoms with Gasteiger partial charge in [0.15, 0.2) is 0 Å². The summed E-state index contributed by atoms with van der Waals surface area (Å²) in [5, 5.41) is 0.747. The first kappa shape index (κ1) is 18.3. The van der Waals surface area contributed by atoms with E-state index >= 15 is 0 Å². The highest BCUT2D eigenvalue weighted by molar-refractivity contribution is 6.30. The molecule has 2 fully saturated rings. The van der Waals surface area contributed by atoms with E-state index in [1.807, 2.05) is 41.3 Å². The van der Waals surface area contributed by atoms with E-state index in [1.54, 1.807) is 0 Å². The van der Waals surface area contributed by atoms with Crippen LogP contribution in [0.2, 0.25) is 5.02 Å². The van der Waals surface area contributed by atoms with Crippen LogP contribution in [0.4, 0.5) is 5.69 Å². The number of ether oxygens (including phenoxy) is 1. The Morgan fingerprint density at radius 1 is 0.926 bits per heavy atom. The number of carbonyl (C=O) groups is 1. The molecule has 2 aliphatic rings. The van der Waals surface area contributed by atoms with Crippen LogP contribution in [-0.4, -0.2) is 50.2 Å². The lowest BCUT2D eigenvalue weighted by molar-refractivity contribution is -0.141. The predicted molar refractivity (Wildman–Crippen MR) is 108 cm³/mol. The molecular formula is C22H25ClN2O2. The van der Waals surface area contributed by atoms with Crippen LogP contribution >= 0.6 is 11.6 Å². The second kappa shape index (κ2) is 7.91. The van der Waals surface area contributed by atoms with Gasteiger partial charge in [-0.25, -0.2) is 0 Å². The lowest BCUT2D eigenvalue weighted by Gasteiger charge is -2.43. The van der Waals surface area contributed by atoms with Crippen LogP contribution in [0, 0.1) is 0 Å². The third-order valence-corrected chi connectivity index (χ3v) is 6.06. The average Bonchev–Trinajstić information content (AvgIpc) is 2.74. The number of benzene rings is 2. The van der Waals surface area contributed by atoms with Crippen LogP contribution in [0.25, 0.3) is 0 Å². The molecule has 4 nitrogen and oxygen atoms in total. The number of rotatable bonds is 3. The van der Waals surface area contributed by atoms with Crippen molar-refractivity contribution in [1.82, 2.24) is 4.90 Å². The van der Waals surface area contributed by atoms with Crippen LogP contribution in [0.1, 0.15) is 18.4 Å². The van der Waals surface area contributed by atoms with E-state index in [-0.39, 0.29) is 5.91 Å². The zero-order valence-corrected chi connectivity index (χ0v) is 16.2. The van der Waals surface area contributed by atoms with Gasteiger partial charge < -0.3 is 14.5 Å². The molecule has 4 rings (SSSR count). The number of halogens is 1. The summed E-state index contributed by atoms with van der Waals surface area (Å²) in [5.41, 5.74) is 1.80. The van der Waals surface area contributed by atoms with Crippen molar-refractivity contribution in [3.63, 3.8) is 0 Å².